The molecule has 62 heavy (non-hydrogen) atoms. The van der Waals surface area contributed by atoms with Crippen molar-refractivity contribution in [2.75, 3.05) is 13.2 Å². The molecule has 4 saturated carbocycles. The van der Waals surface area contributed by atoms with Crippen molar-refractivity contribution in [2.24, 2.45) is 47.3 Å². The smallest absolute Gasteiger partial charge is 0.338 e. The van der Waals surface area contributed by atoms with Crippen LogP contribution in [0.25, 0.3) is 4.85 Å². The average Bonchev–Trinajstić information content (AvgIpc) is 3.76. The molecule has 1 atom stereocenters. The maximum Gasteiger partial charge on any atom is 0.338 e. The number of thioether (sulfide) groups is 2. The first-order valence-corrected chi connectivity index (χ1v) is 24.5. The Labute approximate surface area is 375 Å². The lowest BCUT2D eigenvalue weighted by Crippen LogP contribution is -2.30. The lowest BCUT2D eigenvalue weighted by atomic mass is 9.69. The number of fused-ring (bicyclic) bond motifs is 1. The Morgan fingerprint density at radius 3 is 1.44 bits per heavy atom. The number of carbonyl (C=O) groups excluding carboxylic acids is 5. The second-order valence-electron chi connectivity index (χ2n) is 17.8. The number of benzene rings is 1. The molecule has 4 fully saturated rings. The predicted octanol–water partition coefficient (Wildman–Crippen LogP) is 11.2. The van der Waals surface area contributed by atoms with Gasteiger partial charge in [-0.05, 0) is 125 Å². The Bertz CT molecular complexity index is 1780. The predicted molar refractivity (Wildman–Crippen MR) is 238 cm³/mol. The highest BCUT2D eigenvalue weighted by molar-refractivity contribution is 8.24. The fourth-order valence-corrected chi connectivity index (χ4v) is 12.9. The highest BCUT2D eigenvalue weighted by Gasteiger charge is 2.38. The van der Waals surface area contributed by atoms with E-state index in [4.69, 9.17) is 30.3 Å². The summed E-state index contributed by atoms with van der Waals surface area (Å²) in [5, 5.41) is 0. The summed E-state index contributed by atoms with van der Waals surface area (Å²) in [6, 6.07) is 3.27. The zero-order valence-electron chi connectivity index (χ0n) is 36.4. The normalized spacial score (nSPS) is 27.6. The average molecular weight is 890 g/mol. The molecular weight excluding hydrogens is 827 g/mol. The monoisotopic (exact) mass is 889 g/mol. The van der Waals surface area contributed by atoms with Gasteiger partial charge in [-0.3, -0.25) is 14.4 Å². The van der Waals surface area contributed by atoms with Gasteiger partial charge in [0.05, 0.1) is 32.4 Å². The highest BCUT2D eigenvalue weighted by Crippen LogP contribution is 2.59. The first-order chi connectivity index (χ1) is 30.0. The molecule has 0 saturated heterocycles. The molecule has 11 nitrogen and oxygen atoms in total. The van der Waals surface area contributed by atoms with Gasteiger partial charge in [0.2, 0.25) is 0 Å². The van der Waals surface area contributed by atoms with Gasteiger partial charge in [-0.1, -0.05) is 89.1 Å². The van der Waals surface area contributed by atoms with Crippen molar-refractivity contribution in [1.29, 1.82) is 0 Å². The first-order valence-electron chi connectivity index (χ1n) is 22.9. The van der Waals surface area contributed by atoms with Gasteiger partial charge < -0.3 is 23.7 Å². The highest BCUT2D eigenvalue weighted by atomic mass is 32.2. The van der Waals surface area contributed by atoms with E-state index in [2.05, 4.69) is 31.9 Å². The van der Waals surface area contributed by atoms with Crippen molar-refractivity contribution >= 4 is 53.4 Å². The molecule has 0 N–H and O–H groups in total. The SMILES string of the molecule is [C-]#[N+]C(C(=O)OCC(COC(=O)C=C)OC(=O)C=C)=C1Sc2c(OC(=O)C3CCC(C4CCC(CC)CC4)CC3)ccc(OC(=O)C3CCC(C4CCC(CC)CC4)CC3)c2S1. The van der Waals surface area contributed by atoms with Gasteiger partial charge in [-0.15, -0.1) is 0 Å². The summed E-state index contributed by atoms with van der Waals surface area (Å²) in [5.74, 6) is 1.31. The minimum absolute atomic E-state index is 0.236. The van der Waals surface area contributed by atoms with Gasteiger partial charge in [-0.2, -0.15) is 0 Å². The Kier molecular flexibility index (Phi) is 17.7. The summed E-state index contributed by atoms with van der Waals surface area (Å²) in [6.45, 7) is 18.3. The van der Waals surface area contributed by atoms with Crippen LogP contribution in [0.5, 0.6) is 11.5 Å². The van der Waals surface area contributed by atoms with E-state index >= 15 is 0 Å². The van der Waals surface area contributed by atoms with Gasteiger partial charge in [0.15, 0.2) is 6.10 Å². The number of hydrogen-bond acceptors (Lipinski definition) is 12. The molecule has 0 radical (unpaired) electrons. The summed E-state index contributed by atoms with van der Waals surface area (Å²) in [7, 11) is 0. The van der Waals surface area contributed by atoms with Crippen LogP contribution in [0.15, 0.2) is 57.2 Å². The van der Waals surface area contributed by atoms with Gasteiger partial charge >= 0.3 is 29.8 Å². The van der Waals surface area contributed by atoms with E-state index in [0.29, 0.717) is 21.6 Å². The van der Waals surface area contributed by atoms with E-state index in [1.165, 1.54) is 64.2 Å². The number of hydrogen-bond donors (Lipinski definition) is 0. The van der Waals surface area contributed by atoms with Crippen molar-refractivity contribution < 1.29 is 47.7 Å². The number of ether oxygens (including phenoxy) is 5. The third-order valence-corrected chi connectivity index (χ3v) is 16.9. The summed E-state index contributed by atoms with van der Waals surface area (Å²) in [6.07, 6.45) is 20.6. The van der Waals surface area contributed by atoms with E-state index in [9.17, 15) is 24.0 Å². The van der Waals surface area contributed by atoms with Crippen LogP contribution in [0.2, 0.25) is 0 Å². The third-order valence-electron chi connectivity index (χ3n) is 14.3. The zero-order chi connectivity index (χ0) is 44.2. The Morgan fingerprint density at radius 2 is 1.05 bits per heavy atom. The first kappa shape index (κ1) is 47.5. The molecule has 336 valence electrons. The van der Waals surface area contributed by atoms with Crippen molar-refractivity contribution in [3.8, 4) is 11.5 Å². The number of rotatable bonds is 16. The second-order valence-corrected chi connectivity index (χ2v) is 20.1. The molecule has 0 bridgehead atoms. The molecule has 6 rings (SSSR count). The number of esters is 5. The van der Waals surface area contributed by atoms with E-state index in [1.54, 1.807) is 12.1 Å². The van der Waals surface area contributed by atoms with Crippen molar-refractivity contribution in [3.05, 3.63) is 58.8 Å². The Hall–Kier alpha value is -4.02. The van der Waals surface area contributed by atoms with Gasteiger partial charge in [0.1, 0.15) is 24.7 Å². The molecule has 13 heteroatoms. The second kappa shape index (κ2) is 23.1. The quantitative estimate of drug-likeness (QED) is 0.0514. The van der Waals surface area contributed by atoms with Crippen LogP contribution in [0, 0.1) is 53.9 Å². The summed E-state index contributed by atoms with van der Waals surface area (Å²) in [4.78, 5) is 69.1. The van der Waals surface area contributed by atoms with E-state index < -0.39 is 37.2 Å². The summed E-state index contributed by atoms with van der Waals surface area (Å²) in [5.41, 5.74) is -0.361. The van der Waals surface area contributed by atoms with Crippen LogP contribution in [0.3, 0.4) is 0 Å². The van der Waals surface area contributed by atoms with Gasteiger partial charge in [0.25, 0.3) is 5.70 Å². The molecule has 1 heterocycles. The summed E-state index contributed by atoms with van der Waals surface area (Å²) < 4.78 is 28.1. The summed E-state index contributed by atoms with van der Waals surface area (Å²) >= 11 is 2.15. The minimum atomic E-state index is -1.18. The fraction of sp³-hybridized carbons (Fsp3) is 0.633. The van der Waals surface area contributed by atoms with Gasteiger partial charge in [-0.25, -0.2) is 14.4 Å². The molecular formula is C49H63NO10S2. The standard InChI is InChI=1S/C49H63NO10S2/c1-6-30-10-14-32(15-11-30)34-18-22-36(23-19-34)46(53)59-39-26-27-40(60-47(54)37-24-20-35(21-25-37)33-16-12-31(7-2)13-17-33)45-44(39)61-49(62-45)43(50-5)48(55)57-29-38(58-42(52)9-4)28-56-41(51)8-3/h8-9,26-27,30-38H,3-4,6-7,10-25,28-29H2,1-2H3. The lowest BCUT2D eigenvalue weighted by Gasteiger charge is -2.37. The maximum absolute atomic E-state index is 13.8. The van der Waals surface area contributed by atoms with Crippen molar-refractivity contribution in [2.45, 2.75) is 145 Å². The number of carbonyl (C=O) groups is 5. The maximum atomic E-state index is 13.8. The van der Waals surface area contributed by atoms with Crippen LogP contribution < -0.4 is 9.47 Å². The third kappa shape index (κ3) is 12.4. The van der Waals surface area contributed by atoms with E-state index in [1.807, 2.05) is 0 Å². The fourth-order valence-electron chi connectivity index (χ4n) is 10.3. The Balaban J connectivity index is 1.15. The van der Waals surface area contributed by atoms with Crippen LogP contribution in [0.4, 0.5) is 0 Å². The van der Waals surface area contributed by atoms with Crippen LogP contribution >= 0.6 is 23.5 Å². The van der Waals surface area contributed by atoms with E-state index in [-0.39, 0.29) is 45.2 Å². The topological polar surface area (TPSA) is 136 Å². The van der Waals surface area contributed by atoms with Crippen molar-refractivity contribution in [1.82, 2.24) is 0 Å². The molecule has 0 aromatic heterocycles. The van der Waals surface area contributed by atoms with Crippen LogP contribution in [-0.2, 0) is 38.2 Å². The molecule has 0 amide bonds. The van der Waals surface area contributed by atoms with Crippen molar-refractivity contribution in [3.63, 3.8) is 0 Å². The molecule has 5 aliphatic rings. The van der Waals surface area contributed by atoms with Crippen LogP contribution in [0.1, 0.15) is 129 Å². The Morgan fingerprint density at radius 1 is 0.645 bits per heavy atom. The number of nitrogens with zero attached hydrogens (tertiary/aromatic N) is 1. The molecule has 1 unspecified atom stereocenters. The van der Waals surface area contributed by atoms with Gasteiger partial charge in [0, 0.05) is 12.2 Å². The lowest BCUT2D eigenvalue weighted by molar-refractivity contribution is -0.160. The minimum Gasteiger partial charge on any atom is -0.466 e. The molecule has 1 aromatic rings. The molecule has 0 spiro atoms. The zero-order valence-corrected chi connectivity index (χ0v) is 38.0. The largest absolute Gasteiger partial charge is 0.466 e. The van der Waals surface area contributed by atoms with E-state index in [0.717, 1.165) is 111 Å². The molecule has 1 aliphatic heterocycles. The molecule has 4 aliphatic carbocycles. The molecule has 1 aromatic carbocycles. The van der Waals surface area contributed by atoms with Crippen LogP contribution in [-0.4, -0.2) is 49.2 Å².